The van der Waals surface area contributed by atoms with E-state index in [1.807, 2.05) is 0 Å². The van der Waals surface area contributed by atoms with Gasteiger partial charge in [-0.3, -0.25) is 0 Å². The van der Waals surface area contributed by atoms with E-state index < -0.39 is 5.97 Å². The molecule has 0 aromatic carbocycles. The number of nitrogen functional groups attached to an aromatic ring is 1. The van der Waals surface area contributed by atoms with Gasteiger partial charge < -0.3 is 15.8 Å². The van der Waals surface area contributed by atoms with Crippen molar-refractivity contribution in [2.75, 3.05) is 24.7 Å². The van der Waals surface area contributed by atoms with Crippen molar-refractivity contribution in [2.24, 2.45) is 11.3 Å². The highest BCUT2D eigenvalue weighted by Crippen LogP contribution is 2.43. The molecule has 2 rings (SSSR count). The molecule has 1 heterocycles. The molecule has 1 aliphatic rings. The molecule has 0 unspecified atom stereocenters. The van der Waals surface area contributed by atoms with Crippen LogP contribution in [-0.2, 0) is 4.74 Å². The number of hydrogen-bond acceptors (Lipinski definition) is 6. The van der Waals surface area contributed by atoms with Crippen LogP contribution in [-0.4, -0.2) is 24.0 Å². The number of methoxy groups -OCH3 is 1. The zero-order valence-electron chi connectivity index (χ0n) is 13.1. The predicted molar refractivity (Wildman–Crippen MR) is 86.7 cm³/mol. The van der Waals surface area contributed by atoms with Crippen LogP contribution < -0.4 is 11.1 Å². The number of rotatable bonds is 6. The van der Waals surface area contributed by atoms with Crippen LogP contribution in [0.3, 0.4) is 0 Å². The van der Waals surface area contributed by atoms with Gasteiger partial charge in [0.2, 0.25) is 0 Å². The molecule has 0 bridgehead atoms. The van der Waals surface area contributed by atoms with Crippen LogP contribution in [0.2, 0.25) is 0 Å². The summed E-state index contributed by atoms with van der Waals surface area (Å²) in [5.41, 5.74) is 6.48. The van der Waals surface area contributed by atoms with E-state index in [-0.39, 0.29) is 5.82 Å². The third-order valence-corrected chi connectivity index (χ3v) is 5.06. The second-order valence-electron chi connectivity index (χ2n) is 6.42. The highest BCUT2D eigenvalue weighted by atomic mass is 32.1. The maximum atomic E-state index is 11.8. The quantitative estimate of drug-likeness (QED) is 0.786. The summed E-state index contributed by atoms with van der Waals surface area (Å²) in [6, 6.07) is 0. The second-order valence-corrected chi connectivity index (χ2v) is 7.20. The molecule has 0 atom stereocenters. The number of ether oxygens (including phenoxy) is 1. The third kappa shape index (κ3) is 3.67. The first-order valence-corrected chi connectivity index (χ1v) is 8.32. The van der Waals surface area contributed by atoms with Gasteiger partial charge in [-0.15, -0.1) is 0 Å². The van der Waals surface area contributed by atoms with Gasteiger partial charge in [0.25, 0.3) is 0 Å². The van der Waals surface area contributed by atoms with E-state index in [0.29, 0.717) is 16.9 Å². The lowest BCUT2D eigenvalue weighted by Gasteiger charge is -2.31. The zero-order valence-corrected chi connectivity index (χ0v) is 13.9. The summed E-state index contributed by atoms with van der Waals surface area (Å²) in [4.78, 5) is 11.8. The standard InChI is InChI=1S/C15H25N3O2S/c1-10(2)8-15(6-4-5-7-15)9-17-13-11(14(19)20-3)12(16)18-21-13/h10,17H,4-9H2,1-3H3,(H2,16,18). The first kappa shape index (κ1) is 16.1. The average molecular weight is 311 g/mol. The van der Waals surface area contributed by atoms with Crippen molar-refractivity contribution in [3.05, 3.63) is 5.56 Å². The third-order valence-electron chi connectivity index (χ3n) is 4.24. The van der Waals surface area contributed by atoms with Crippen LogP contribution in [0.5, 0.6) is 0 Å². The Balaban J connectivity index is 2.10. The summed E-state index contributed by atoms with van der Waals surface area (Å²) in [6.45, 7) is 5.41. The van der Waals surface area contributed by atoms with Gasteiger partial charge in [0, 0.05) is 6.54 Å². The van der Waals surface area contributed by atoms with Crippen molar-refractivity contribution in [1.29, 1.82) is 0 Å². The number of anilines is 2. The molecule has 0 saturated heterocycles. The summed E-state index contributed by atoms with van der Waals surface area (Å²) in [5.74, 6) is 0.503. The molecule has 1 saturated carbocycles. The normalized spacial score (nSPS) is 17.1. The van der Waals surface area contributed by atoms with Crippen LogP contribution in [0, 0.1) is 11.3 Å². The zero-order chi connectivity index (χ0) is 15.5. The van der Waals surface area contributed by atoms with Gasteiger partial charge in [0.1, 0.15) is 10.6 Å². The van der Waals surface area contributed by atoms with Gasteiger partial charge in [0.15, 0.2) is 5.82 Å². The largest absolute Gasteiger partial charge is 0.465 e. The molecule has 0 amide bonds. The monoisotopic (exact) mass is 311 g/mol. The Morgan fingerprint density at radius 2 is 2.14 bits per heavy atom. The summed E-state index contributed by atoms with van der Waals surface area (Å²) in [5, 5.41) is 4.14. The smallest absolute Gasteiger partial charge is 0.344 e. The van der Waals surface area contributed by atoms with Gasteiger partial charge in [0.05, 0.1) is 7.11 Å². The first-order valence-electron chi connectivity index (χ1n) is 7.55. The van der Waals surface area contributed by atoms with Crippen LogP contribution >= 0.6 is 11.5 Å². The minimum absolute atomic E-state index is 0.249. The number of carbonyl (C=O) groups excluding carboxylic acids is 1. The molecule has 1 aromatic rings. The van der Waals surface area contributed by atoms with Gasteiger partial charge in [-0.1, -0.05) is 26.7 Å². The molecule has 0 spiro atoms. The van der Waals surface area contributed by atoms with Crippen LogP contribution in [0.1, 0.15) is 56.3 Å². The van der Waals surface area contributed by atoms with Gasteiger partial charge in [-0.25, -0.2) is 4.79 Å². The van der Waals surface area contributed by atoms with E-state index >= 15 is 0 Å². The molecule has 21 heavy (non-hydrogen) atoms. The number of nitrogens with one attached hydrogen (secondary N) is 1. The van der Waals surface area contributed by atoms with E-state index in [1.165, 1.54) is 50.7 Å². The number of nitrogens with two attached hydrogens (primary N) is 1. The molecule has 1 fully saturated rings. The number of esters is 1. The number of hydrogen-bond donors (Lipinski definition) is 2. The van der Waals surface area contributed by atoms with E-state index in [1.54, 1.807) is 0 Å². The topological polar surface area (TPSA) is 77.2 Å². The fourth-order valence-corrected chi connectivity index (χ4v) is 4.13. The fraction of sp³-hybridized carbons (Fsp3) is 0.733. The Bertz CT molecular complexity index is 493. The highest BCUT2D eigenvalue weighted by molar-refractivity contribution is 7.11. The molecular weight excluding hydrogens is 286 g/mol. The Hall–Kier alpha value is -1.30. The lowest BCUT2D eigenvalue weighted by atomic mass is 9.78. The Morgan fingerprint density at radius 1 is 1.48 bits per heavy atom. The maximum absolute atomic E-state index is 11.8. The lowest BCUT2D eigenvalue weighted by molar-refractivity contribution is 0.0603. The summed E-state index contributed by atoms with van der Waals surface area (Å²) in [6.07, 6.45) is 6.30. The van der Waals surface area contributed by atoms with Crippen molar-refractivity contribution in [3.63, 3.8) is 0 Å². The van der Waals surface area contributed by atoms with Crippen molar-refractivity contribution >= 4 is 28.3 Å². The maximum Gasteiger partial charge on any atom is 0.344 e. The van der Waals surface area contributed by atoms with Gasteiger partial charge in [-0.2, -0.15) is 4.37 Å². The van der Waals surface area contributed by atoms with E-state index in [4.69, 9.17) is 10.5 Å². The average Bonchev–Trinajstić information content (AvgIpc) is 3.02. The lowest BCUT2D eigenvalue weighted by Crippen LogP contribution is -2.28. The molecule has 0 aliphatic heterocycles. The second kappa shape index (κ2) is 6.64. The molecular formula is C15H25N3O2S. The molecule has 3 N–H and O–H groups in total. The molecule has 6 heteroatoms. The van der Waals surface area contributed by atoms with Crippen molar-refractivity contribution in [3.8, 4) is 0 Å². The van der Waals surface area contributed by atoms with Crippen LogP contribution in [0.4, 0.5) is 10.8 Å². The molecule has 0 radical (unpaired) electrons. The number of carbonyl (C=O) groups is 1. The predicted octanol–water partition coefficient (Wildman–Crippen LogP) is 3.53. The number of nitrogens with zero attached hydrogens (tertiary/aromatic N) is 1. The van der Waals surface area contributed by atoms with Crippen molar-refractivity contribution < 1.29 is 9.53 Å². The SMILES string of the molecule is COC(=O)c1c(N)nsc1NCC1(CC(C)C)CCCC1. The van der Waals surface area contributed by atoms with Gasteiger partial charge >= 0.3 is 5.97 Å². The Morgan fingerprint density at radius 3 is 2.71 bits per heavy atom. The van der Waals surface area contributed by atoms with Crippen LogP contribution in [0.25, 0.3) is 0 Å². The van der Waals surface area contributed by atoms with Crippen molar-refractivity contribution in [1.82, 2.24) is 4.37 Å². The Labute approximate surface area is 130 Å². The summed E-state index contributed by atoms with van der Waals surface area (Å²) in [7, 11) is 1.36. The van der Waals surface area contributed by atoms with E-state index in [2.05, 4.69) is 23.5 Å². The summed E-state index contributed by atoms with van der Waals surface area (Å²) < 4.78 is 8.86. The molecule has 118 valence electrons. The summed E-state index contributed by atoms with van der Waals surface area (Å²) >= 11 is 1.23. The fourth-order valence-electron chi connectivity index (χ4n) is 3.43. The number of aromatic nitrogens is 1. The molecule has 5 nitrogen and oxygen atoms in total. The van der Waals surface area contributed by atoms with E-state index in [0.717, 1.165) is 11.5 Å². The minimum Gasteiger partial charge on any atom is -0.465 e. The van der Waals surface area contributed by atoms with Crippen molar-refractivity contribution in [2.45, 2.75) is 46.0 Å². The van der Waals surface area contributed by atoms with E-state index in [9.17, 15) is 4.79 Å². The molecule has 1 aromatic heterocycles. The highest BCUT2D eigenvalue weighted by Gasteiger charge is 2.34. The van der Waals surface area contributed by atoms with Crippen LogP contribution in [0.15, 0.2) is 0 Å². The van der Waals surface area contributed by atoms with Gasteiger partial charge in [-0.05, 0) is 42.1 Å². The molecule has 1 aliphatic carbocycles. The Kier molecular flexibility index (Phi) is 5.08. The first-order chi connectivity index (χ1) is 9.97. The minimum atomic E-state index is -0.423.